The van der Waals surface area contributed by atoms with Crippen LogP contribution >= 0.6 is 0 Å². The van der Waals surface area contributed by atoms with E-state index in [0.717, 1.165) is 16.8 Å². The number of aromatic amines is 1. The number of carbonyl (C=O) groups excluding carboxylic acids is 2. The molecule has 6 heteroatoms. The van der Waals surface area contributed by atoms with Crippen molar-refractivity contribution >= 4 is 11.9 Å². The highest BCUT2D eigenvalue weighted by Gasteiger charge is 2.27. The third-order valence-electron chi connectivity index (χ3n) is 3.94. The molecule has 2 aromatic carbocycles. The zero-order valence-electron chi connectivity index (χ0n) is 15.4. The minimum absolute atomic E-state index is 0. The number of carbonyl (C=O) groups is 2. The van der Waals surface area contributed by atoms with E-state index in [4.69, 9.17) is 9.47 Å². The summed E-state index contributed by atoms with van der Waals surface area (Å²) in [5.41, 5.74) is 2.71. The summed E-state index contributed by atoms with van der Waals surface area (Å²) < 4.78 is 10.7. The molecule has 1 aromatic heterocycles. The number of aryl methyl sites for hydroxylation is 1. The second kappa shape index (κ2) is 10.6. The van der Waals surface area contributed by atoms with Crippen LogP contribution in [0, 0.1) is 6.92 Å². The normalized spacial score (nSPS) is 9.89. The van der Waals surface area contributed by atoms with Gasteiger partial charge in [-0.2, -0.15) is 0 Å². The van der Waals surface area contributed by atoms with Crippen molar-refractivity contribution in [3.8, 4) is 0 Å². The molecular weight excluding hydrogens is 469 g/mol. The van der Waals surface area contributed by atoms with E-state index < -0.39 is 11.9 Å². The monoisotopic (exact) mass is 489 g/mol. The van der Waals surface area contributed by atoms with Gasteiger partial charge >= 0.3 is 17.6 Å². The van der Waals surface area contributed by atoms with Crippen molar-refractivity contribution in [3.63, 3.8) is 0 Å². The summed E-state index contributed by atoms with van der Waals surface area (Å²) in [5.74, 6) is -1.18. The Morgan fingerprint density at radius 3 is 1.79 bits per heavy atom. The molecule has 3 aromatic rings. The van der Waals surface area contributed by atoms with Gasteiger partial charge in [-0.3, -0.25) is 0 Å². The first-order valence-electron chi connectivity index (χ1n) is 8.58. The molecule has 0 radical (unpaired) electrons. The Hall–Kier alpha value is -2.74. The number of pyridine rings is 1. The number of halogens is 1. The van der Waals surface area contributed by atoms with Gasteiger partial charge in [-0.15, -0.1) is 0 Å². The summed E-state index contributed by atoms with van der Waals surface area (Å²) in [7, 11) is 0. The zero-order valence-corrected chi connectivity index (χ0v) is 17.5. The lowest BCUT2D eigenvalue weighted by molar-refractivity contribution is -0.393. The summed E-state index contributed by atoms with van der Waals surface area (Å²) in [5, 5.41) is 0. The van der Waals surface area contributed by atoms with Crippen molar-refractivity contribution in [3.05, 3.63) is 101 Å². The molecule has 1 heterocycles. The first-order valence-corrected chi connectivity index (χ1v) is 8.58. The summed E-state index contributed by atoms with van der Waals surface area (Å²) in [6, 6.07) is 22.0. The van der Waals surface area contributed by atoms with Crippen LogP contribution in [0.1, 0.15) is 37.7 Å². The van der Waals surface area contributed by atoms with Crippen molar-refractivity contribution in [2.45, 2.75) is 20.1 Å². The smallest absolute Gasteiger partial charge is 0.404 e. The van der Waals surface area contributed by atoms with Crippen molar-refractivity contribution in [1.82, 2.24) is 0 Å². The Morgan fingerprint density at radius 1 is 0.750 bits per heavy atom. The number of hydrogen-bond donors (Lipinski definition) is 0. The molecule has 0 spiro atoms. The number of aromatic nitrogens is 1. The Bertz CT molecular complexity index is 930. The van der Waals surface area contributed by atoms with E-state index in [2.05, 4.69) is 4.98 Å². The summed E-state index contributed by atoms with van der Waals surface area (Å²) in [4.78, 5) is 27.9. The SMILES string of the molecule is Cc1ccc(C(=O)OCc2ccccc2)c(C(=O)OCc2ccccc2)[nH+]1.[I-]. The largest absolute Gasteiger partial charge is 1.00 e. The van der Waals surface area contributed by atoms with E-state index in [9.17, 15) is 9.59 Å². The van der Waals surface area contributed by atoms with Gasteiger partial charge in [0.2, 0.25) is 0 Å². The molecule has 0 amide bonds. The minimum atomic E-state index is -0.603. The van der Waals surface area contributed by atoms with Gasteiger partial charge in [0, 0.05) is 13.0 Å². The molecule has 5 nitrogen and oxygen atoms in total. The topological polar surface area (TPSA) is 66.7 Å². The molecule has 0 unspecified atom stereocenters. The van der Waals surface area contributed by atoms with Crippen LogP contribution in [0.15, 0.2) is 72.8 Å². The van der Waals surface area contributed by atoms with E-state index in [0.29, 0.717) is 0 Å². The quantitative estimate of drug-likeness (QED) is 0.375. The molecular formula is C22H20INO4. The molecule has 0 aliphatic heterocycles. The summed E-state index contributed by atoms with van der Waals surface area (Å²) in [6.45, 7) is 2.05. The maximum Gasteiger partial charge on any atom is 0.404 e. The first-order chi connectivity index (χ1) is 13.1. The fourth-order valence-electron chi connectivity index (χ4n) is 2.53. The minimum Gasteiger partial charge on any atom is -1.00 e. The van der Waals surface area contributed by atoms with Crippen LogP contribution in [0.3, 0.4) is 0 Å². The van der Waals surface area contributed by atoms with Crippen LogP contribution in [-0.4, -0.2) is 11.9 Å². The summed E-state index contributed by atoms with van der Waals surface area (Å²) >= 11 is 0. The zero-order chi connectivity index (χ0) is 19.1. The Kier molecular flexibility index (Phi) is 8.13. The van der Waals surface area contributed by atoms with Gasteiger partial charge < -0.3 is 33.5 Å². The number of H-pyrrole nitrogens is 1. The molecule has 0 saturated heterocycles. The average Bonchev–Trinajstić information content (AvgIpc) is 2.71. The van der Waals surface area contributed by atoms with Crippen LogP contribution in [0.2, 0.25) is 0 Å². The molecule has 28 heavy (non-hydrogen) atoms. The number of hydrogen-bond acceptors (Lipinski definition) is 4. The van der Waals surface area contributed by atoms with Crippen LogP contribution in [-0.2, 0) is 22.7 Å². The van der Waals surface area contributed by atoms with Gasteiger partial charge in [0.05, 0.1) is 0 Å². The predicted molar refractivity (Wildman–Crippen MR) is 98.9 cm³/mol. The number of ether oxygens (including phenoxy) is 2. The molecule has 0 atom stereocenters. The van der Waals surface area contributed by atoms with Gasteiger partial charge in [0.1, 0.15) is 18.8 Å². The maximum atomic E-state index is 12.5. The molecule has 0 aliphatic rings. The van der Waals surface area contributed by atoms with E-state index in [1.54, 1.807) is 19.1 Å². The van der Waals surface area contributed by atoms with Gasteiger partial charge in [0.25, 0.3) is 0 Å². The number of benzene rings is 2. The Morgan fingerprint density at radius 2 is 1.25 bits per heavy atom. The van der Waals surface area contributed by atoms with Crippen LogP contribution < -0.4 is 29.0 Å². The van der Waals surface area contributed by atoms with E-state index in [1.165, 1.54) is 0 Å². The van der Waals surface area contributed by atoms with Crippen LogP contribution in [0.4, 0.5) is 0 Å². The molecule has 3 rings (SSSR count). The van der Waals surface area contributed by atoms with Gasteiger partial charge in [-0.05, 0) is 17.2 Å². The molecule has 0 saturated carbocycles. The van der Waals surface area contributed by atoms with Gasteiger partial charge in [-0.1, -0.05) is 60.7 Å². The third-order valence-corrected chi connectivity index (χ3v) is 3.94. The molecule has 1 N–H and O–H groups in total. The molecule has 144 valence electrons. The Balaban J connectivity index is 0.00000280. The van der Waals surface area contributed by atoms with E-state index in [1.807, 2.05) is 60.7 Å². The standard InChI is InChI=1S/C22H19NO4.HI/c1-16-12-13-19(21(24)26-14-17-8-4-2-5-9-17)20(23-16)22(25)27-15-18-10-6-3-7-11-18;/h2-13H,14-15H2,1H3;1H. The van der Waals surface area contributed by atoms with Crippen molar-refractivity contribution in [1.29, 1.82) is 0 Å². The van der Waals surface area contributed by atoms with E-state index in [-0.39, 0.29) is 48.4 Å². The highest BCUT2D eigenvalue weighted by Crippen LogP contribution is 2.11. The highest BCUT2D eigenvalue weighted by atomic mass is 127. The van der Waals surface area contributed by atoms with Gasteiger partial charge in [-0.25, -0.2) is 14.6 Å². The number of esters is 2. The highest BCUT2D eigenvalue weighted by molar-refractivity contribution is 6.00. The lowest BCUT2D eigenvalue weighted by atomic mass is 10.1. The van der Waals surface area contributed by atoms with Crippen molar-refractivity contribution in [2.75, 3.05) is 0 Å². The van der Waals surface area contributed by atoms with Gasteiger partial charge in [0.15, 0.2) is 5.69 Å². The predicted octanol–water partition coefficient (Wildman–Crippen LogP) is 0.527. The summed E-state index contributed by atoms with van der Waals surface area (Å²) in [6.07, 6.45) is 0. The number of rotatable bonds is 6. The number of nitrogens with one attached hydrogen (secondary N) is 1. The second-order valence-electron chi connectivity index (χ2n) is 6.05. The van der Waals surface area contributed by atoms with E-state index >= 15 is 0 Å². The Labute approximate surface area is 180 Å². The molecule has 0 fully saturated rings. The fourth-order valence-corrected chi connectivity index (χ4v) is 2.53. The third kappa shape index (κ3) is 5.88. The molecule has 0 aliphatic carbocycles. The van der Waals surface area contributed by atoms with Crippen molar-refractivity contribution < 1.29 is 48.0 Å². The fraction of sp³-hybridized carbons (Fsp3) is 0.136. The first kappa shape index (κ1) is 21.6. The lowest BCUT2D eigenvalue weighted by Crippen LogP contribution is -3.00. The van der Waals surface area contributed by atoms with Crippen LogP contribution in [0.25, 0.3) is 0 Å². The maximum absolute atomic E-state index is 12.5. The molecule has 0 bridgehead atoms. The van der Waals surface area contributed by atoms with Crippen LogP contribution in [0.5, 0.6) is 0 Å². The second-order valence-corrected chi connectivity index (χ2v) is 6.05. The van der Waals surface area contributed by atoms with Crippen molar-refractivity contribution in [2.24, 2.45) is 0 Å². The lowest BCUT2D eigenvalue weighted by Gasteiger charge is -2.07. The average molecular weight is 489 g/mol.